The summed E-state index contributed by atoms with van der Waals surface area (Å²) in [6.45, 7) is 2.00. The second kappa shape index (κ2) is 11.2. The third kappa shape index (κ3) is 6.23. The summed E-state index contributed by atoms with van der Waals surface area (Å²) < 4.78 is 16.2. The molecule has 5 heteroatoms. The van der Waals surface area contributed by atoms with Gasteiger partial charge in [-0.1, -0.05) is 12.1 Å². The van der Waals surface area contributed by atoms with Crippen LogP contribution in [0.25, 0.3) is 0 Å². The van der Waals surface area contributed by atoms with E-state index in [0.717, 1.165) is 62.3 Å². The third-order valence-corrected chi connectivity index (χ3v) is 6.30. The van der Waals surface area contributed by atoms with Crippen molar-refractivity contribution in [2.75, 3.05) is 41.5 Å². The van der Waals surface area contributed by atoms with Gasteiger partial charge in [0.25, 0.3) is 0 Å². The molecule has 2 aromatic rings. The van der Waals surface area contributed by atoms with Crippen LogP contribution >= 0.6 is 0 Å². The molecule has 0 aliphatic heterocycles. The SMILES string of the molecule is COc1cccc(CCN(C)CCCC2CCc3cc(OC)c(OC)cc3CC2=O)c1. The first kappa shape index (κ1) is 23.1. The lowest BCUT2D eigenvalue weighted by molar-refractivity contribution is -0.122. The molecule has 3 rings (SSSR count). The van der Waals surface area contributed by atoms with Crippen molar-refractivity contribution in [1.29, 1.82) is 0 Å². The summed E-state index contributed by atoms with van der Waals surface area (Å²) in [4.78, 5) is 15.2. The number of benzene rings is 2. The van der Waals surface area contributed by atoms with E-state index in [1.54, 1.807) is 21.3 Å². The summed E-state index contributed by atoms with van der Waals surface area (Å²) in [5.74, 6) is 2.83. The maximum absolute atomic E-state index is 12.9. The highest BCUT2D eigenvalue weighted by atomic mass is 16.5. The molecule has 0 amide bonds. The van der Waals surface area contributed by atoms with Gasteiger partial charge in [0.2, 0.25) is 0 Å². The van der Waals surface area contributed by atoms with Gasteiger partial charge in [-0.05, 0) is 86.7 Å². The molecule has 0 aromatic heterocycles. The molecule has 0 radical (unpaired) electrons. The minimum atomic E-state index is 0.135. The molecule has 0 N–H and O–H groups in total. The van der Waals surface area contributed by atoms with Crippen molar-refractivity contribution in [3.63, 3.8) is 0 Å². The molecule has 1 unspecified atom stereocenters. The molecule has 0 spiro atoms. The number of hydrogen-bond acceptors (Lipinski definition) is 5. The second-order valence-corrected chi connectivity index (χ2v) is 8.40. The predicted octanol–water partition coefficient (Wildman–Crippen LogP) is 4.34. The Morgan fingerprint density at radius 3 is 2.42 bits per heavy atom. The van der Waals surface area contributed by atoms with E-state index >= 15 is 0 Å². The van der Waals surface area contributed by atoms with Crippen LogP contribution in [0.2, 0.25) is 0 Å². The predicted molar refractivity (Wildman–Crippen MR) is 123 cm³/mol. The van der Waals surface area contributed by atoms with Crippen LogP contribution in [-0.4, -0.2) is 52.1 Å². The van der Waals surface area contributed by atoms with Gasteiger partial charge in [-0.3, -0.25) is 4.79 Å². The monoisotopic (exact) mass is 425 g/mol. The number of likely N-dealkylation sites (N-methyl/N-ethyl adjacent to an activating group) is 1. The maximum atomic E-state index is 12.9. The average Bonchev–Trinajstić information content (AvgIpc) is 2.94. The largest absolute Gasteiger partial charge is 0.497 e. The smallest absolute Gasteiger partial charge is 0.161 e. The minimum Gasteiger partial charge on any atom is -0.497 e. The lowest BCUT2D eigenvalue weighted by atomic mass is 9.93. The summed E-state index contributed by atoms with van der Waals surface area (Å²) in [7, 11) is 7.14. The fraction of sp³-hybridized carbons (Fsp3) is 0.500. The van der Waals surface area contributed by atoms with Gasteiger partial charge in [-0.15, -0.1) is 0 Å². The molecule has 1 atom stereocenters. The fourth-order valence-electron chi connectivity index (χ4n) is 4.36. The number of Topliss-reactive ketones (excluding diaryl/α,β-unsaturated/α-hetero) is 1. The zero-order chi connectivity index (χ0) is 22.2. The molecule has 0 saturated heterocycles. The normalized spacial score (nSPS) is 16.0. The van der Waals surface area contributed by atoms with Crippen molar-refractivity contribution in [1.82, 2.24) is 4.90 Å². The quantitative estimate of drug-likeness (QED) is 0.530. The molecule has 0 fully saturated rings. The summed E-state index contributed by atoms with van der Waals surface area (Å²) >= 11 is 0. The van der Waals surface area contributed by atoms with Crippen LogP contribution in [0.4, 0.5) is 0 Å². The zero-order valence-corrected chi connectivity index (χ0v) is 19.3. The molecular weight excluding hydrogens is 390 g/mol. The van der Waals surface area contributed by atoms with Crippen molar-refractivity contribution >= 4 is 5.78 Å². The molecular formula is C26H35NO4. The molecule has 1 aliphatic rings. The molecule has 2 aromatic carbocycles. The van der Waals surface area contributed by atoms with Crippen LogP contribution in [0.15, 0.2) is 36.4 Å². The van der Waals surface area contributed by atoms with Gasteiger partial charge in [-0.25, -0.2) is 0 Å². The highest BCUT2D eigenvalue weighted by Crippen LogP contribution is 2.34. The van der Waals surface area contributed by atoms with Gasteiger partial charge in [0.05, 0.1) is 21.3 Å². The minimum absolute atomic E-state index is 0.135. The molecule has 168 valence electrons. The van der Waals surface area contributed by atoms with E-state index in [1.165, 1.54) is 11.1 Å². The van der Waals surface area contributed by atoms with Crippen molar-refractivity contribution in [2.24, 2.45) is 5.92 Å². The second-order valence-electron chi connectivity index (χ2n) is 8.40. The Hall–Kier alpha value is -2.53. The highest BCUT2D eigenvalue weighted by molar-refractivity contribution is 5.84. The molecule has 0 saturated carbocycles. The van der Waals surface area contributed by atoms with Gasteiger partial charge >= 0.3 is 0 Å². The number of methoxy groups -OCH3 is 3. The van der Waals surface area contributed by atoms with Crippen LogP contribution in [-0.2, 0) is 24.1 Å². The van der Waals surface area contributed by atoms with Gasteiger partial charge < -0.3 is 19.1 Å². The molecule has 0 heterocycles. The molecule has 5 nitrogen and oxygen atoms in total. The first-order valence-electron chi connectivity index (χ1n) is 11.1. The number of carbonyl (C=O) groups is 1. The Kier molecular flexibility index (Phi) is 8.35. The number of carbonyl (C=O) groups excluding carboxylic acids is 1. The first-order chi connectivity index (χ1) is 15.0. The van der Waals surface area contributed by atoms with Gasteiger partial charge in [0, 0.05) is 18.9 Å². The van der Waals surface area contributed by atoms with Crippen molar-refractivity contribution in [2.45, 2.75) is 38.5 Å². The van der Waals surface area contributed by atoms with Crippen LogP contribution in [0, 0.1) is 5.92 Å². The zero-order valence-electron chi connectivity index (χ0n) is 19.3. The van der Waals surface area contributed by atoms with E-state index in [9.17, 15) is 4.79 Å². The Morgan fingerprint density at radius 1 is 0.968 bits per heavy atom. The lowest BCUT2D eigenvalue weighted by Gasteiger charge is -2.19. The van der Waals surface area contributed by atoms with E-state index in [1.807, 2.05) is 24.3 Å². The van der Waals surface area contributed by atoms with E-state index in [2.05, 4.69) is 24.1 Å². The number of ketones is 1. The number of fused-ring (bicyclic) bond motifs is 1. The Labute approximate surface area is 186 Å². The Bertz CT molecular complexity index is 880. The average molecular weight is 426 g/mol. The van der Waals surface area contributed by atoms with Crippen LogP contribution in [0.3, 0.4) is 0 Å². The number of nitrogens with zero attached hydrogens (tertiary/aromatic N) is 1. The molecule has 1 aliphatic carbocycles. The van der Waals surface area contributed by atoms with Crippen LogP contribution in [0.1, 0.15) is 36.0 Å². The Balaban J connectivity index is 1.47. The van der Waals surface area contributed by atoms with Gasteiger partial charge in [-0.2, -0.15) is 0 Å². The van der Waals surface area contributed by atoms with Crippen molar-refractivity contribution < 1.29 is 19.0 Å². The topological polar surface area (TPSA) is 48.0 Å². The lowest BCUT2D eigenvalue weighted by Crippen LogP contribution is -2.24. The van der Waals surface area contributed by atoms with E-state index < -0.39 is 0 Å². The maximum Gasteiger partial charge on any atom is 0.161 e. The van der Waals surface area contributed by atoms with E-state index in [4.69, 9.17) is 14.2 Å². The van der Waals surface area contributed by atoms with Crippen molar-refractivity contribution in [3.8, 4) is 17.2 Å². The number of hydrogen-bond donors (Lipinski definition) is 0. The standard InChI is InChI=1S/C26H35NO4/c1-27(14-12-19-7-5-9-23(15-19)29-2)13-6-8-20-10-11-21-17-25(30-3)26(31-4)18-22(21)16-24(20)28/h5,7,9,15,17-18,20H,6,8,10-14,16H2,1-4H3. The van der Waals surface area contributed by atoms with Crippen molar-refractivity contribution in [3.05, 3.63) is 53.1 Å². The molecule has 31 heavy (non-hydrogen) atoms. The highest BCUT2D eigenvalue weighted by Gasteiger charge is 2.25. The third-order valence-electron chi connectivity index (χ3n) is 6.30. The fourth-order valence-corrected chi connectivity index (χ4v) is 4.36. The number of rotatable bonds is 10. The Morgan fingerprint density at radius 2 is 1.71 bits per heavy atom. The first-order valence-corrected chi connectivity index (χ1v) is 11.1. The summed E-state index contributed by atoms with van der Waals surface area (Å²) in [6.07, 6.45) is 5.30. The summed E-state index contributed by atoms with van der Waals surface area (Å²) in [5.41, 5.74) is 3.58. The summed E-state index contributed by atoms with van der Waals surface area (Å²) in [5, 5.41) is 0. The van der Waals surface area contributed by atoms with E-state index in [-0.39, 0.29) is 5.92 Å². The molecule has 0 bridgehead atoms. The van der Waals surface area contributed by atoms with Crippen LogP contribution in [0.5, 0.6) is 17.2 Å². The number of aryl methyl sites for hydroxylation is 1. The van der Waals surface area contributed by atoms with E-state index in [0.29, 0.717) is 18.0 Å². The summed E-state index contributed by atoms with van der Waals surface area (Å²) in [6, 6.07) is 12.3. The van der Waals surface area contributed by atoms with Gasteiger partial charge in [0.1, 0.15) is 11.5 Å². The number of ether oxygens (including phenoxy) is 3. The van der Waals surface area contributed by atoms with Gasteiger partial charge in [0.15, 0.2) is 11.5 Å². The van der Waals surface area contributed by atoms with Crippen LogP contribution < -0.4 is 14.2 Å².